The van der Waals surface area contributed by atoms with Crippen molar-refractivity contribution in [2.75, 3.05) is 0 Å². The minimum absolute atomic E-state index is 0.594. The summed E-state index contributed by atoms with van der Waals surface area (Å²) in [5.41, 5.74) is 1.99. The maximum absolute atomic E-state index is 12.0. The monoisotopic (exact) mass is 272 g/mol. The molecule has 0 aliphatic carbocycles. The number of hydrogen-bond donors (Lipinski definition) is 1. The molecule has 0 saturated heterocycles. The molecule has 0 aromatic heterocycles. The van der Waals surface area contributed by atoms with Crippen molar-refractivity contribution in [1.82, 2.24) is 0 Å². The van der Waals surface area contributed by atoms with Crippen molar-refractivity contribution in [2.45, 2.75) is 36.0 Å². The van der Waals surface area contributed by atoms with E-state index in [9.17, 15) is 8.94 Å². The van der Waals surface area contributed by atoms with Gasteiger partial charge in [-0.25, -0.2) is 0 Å². The van der Waals surface area contributed by atoms with Crippen LogP contribution in [0.25, 0.3) is 0 Å². The van der Waals surface area contributed by atoms with Gasteiger partial charge in [0, 0.05) is 0 Å². The van der Waals surface area contributed by atoms with Crippen molar-refractivity contribution in [2.24, 2.45) is 0 Å². The predicted molar refractivity (Wildman–Crippen MR) is 60.0 cm³/mol. The van der Waals surface area contributed by atoms with Gasteiger partial charge in [-0.15, -0.1) is 0 Å². The summed E-state index contributed by atoms with van der Waals surface area (Å²) in [7, 11) is 0. The molecule has 2 rings (SSSR count). The number of benzene rings is 1. The molecule has 0 radical (unpaired) electrons. The van der Waals surface area contributed by atoms with Crippen molar-refractivity contribution in [1.29, 1.82) is 0 Å². The summed E-state index contributed by atoms with van der Waals surface area (Å²) in [5, 5.41) is 11.1. The second-order valence-corrected chi connectivity index (χ2v) is 7.51. The van der Waals surface area contributed by atoms with E-state index in [1.165, 1.54) is 0 Å². The van der Waals surface area contributed by atoms with Crippen LogP contribution in [0, 0.1) is 0 Å². The van der Waals surface area contributed by atoms with E-state index >= 15 is 0 Å². The van der Waals surface area contributed by atoms with E-state index in [0.717, 1.165) is 24.0 Å². The van der Waals surface area contributed by atoms with Crippen LogP contribution in [0.3, 0.4) is 0 Å². The summed E-state index contributed by atoms with van der Waals surface area (Å²) in [6.45, 7) is 2.09. The summed E-state index contributed by atoms with van der Waals surface area (Å²) in [4.78, 5) is 0. The Hall–Kier alpha value is -0.501. The summed E-state index contributed by atoms with van der Waals surface area (Å²) < 4.78 is 11.0. The van der Waals surface area contributed by atoms with E-state index in [-0.39, 0.29) is 0 Å². The van der Waals surface area contributed by atoms with Crippen molar-refractivity contribution < 1.29 is 8.94 Å². The first kappa shape index (κ1) is 11.0. The molecule has 1 heterocycles. The average Bonchev–Trinajstić information content (AvgIpc) is 2.50. The molecule has 1 aromatic carbocycles. The fraction of sp³-hybridized carbons (Fsp3) is 0.500. The van der Waals surface area contributed by atoms with E-state index in [2.05, 4.69) is 6.92 Å². The van der Waals surface area contributed by atoms with Gasteiger partial charge in [0.15, 0.2) is 0 Å². The quantitative estimate of drug-likeness (QED) is 0.855. The summed E-state index contributed by atoms with van der Waals surface area (Å²) in [6, 6.07) is 7.77. The molecule has 0 bridgehead atoms. The third kappa shape index (κ3) is 1.80. The Labute approximate surface area is 94.4 Å². The molecule has 1 N–H and O–H groups in total. The van der Waals surface area contributed by atoms with Crippen molar-refractivity contribution >= 4 is 13.8 Å². The molecule has 2 unspecified atom stereocenters. The molecule has 1 aromatic rings. The van der Waals surface area contributed by atoms with Crippen LogP contribution in [0.4, 0.5) is 0 Å². The van der Waals surface area contributed by atoms with Gasteiger partial charge in [0.2, 0.25) is 0 Å². The molecular formula is C12H16O2Se. The zero-order valence-corrected chi connectivity index (χ0v) is 10.6. The van der Waals surface area contributed by atoms with Gasteiger partial charge in [-0.05, 0) is 0 Å². The third-order valence-corrected chi connectivity index (χ3v) is 6.64. The van der Waals surface area contributed by atoms with Crippen LogP contribution in [0.5, 0.6) is 0 Å². The molecule has 2 atom stereocenters. The second-order valence-electron chi connectivity index (χ2n) is 4.03. The van der Waals surface area contributed by atoms with E-state index in [4.69, 9.17) is 0 Å². The SMILES string of the molecule is CCCCC1(O)c2ccccc2C[Se]1=O. The fourth-order valence-corrected chi connectivity index (χ4v) is 5.41. The molecule has 0 fully saturated rings. The van der Waals surface area contributed by atoms with Crippen LogP contribution >= 0.6 is 0 Å². The van der Waals surface area contributed by atoms with Crippen LogP contribution in [0.2, 0.25) is 0 Å². The summed E-state index contributed by atoms with van der Waals surface area (Å²) in [6.07, 6.45) is 2.62. The first-order valence-corrected chi connectivity index (χ1v) is 8.14. The topological polar surface area (TPSA) is 37.3 Å². The standard InChI is InChI=1S/C12H16O2Se/c1-2-3-8-12(13)11-7-5-4-6-10(11)9-15(12)14/h4-7,13H,2-3,8-9H2,1H3. The Bertz CT molecular complexity index is 389. The predicted octanol–water partition coefficient (Wildman–Crippen LogP) is 2.12. The number of aliphatic hydroxyl groups is 1. The molecule has 82 valence electrons. The van der Waals surface area contributed by atoms with E-state index in [1.54, 1.807) is 0 Å². The zero-order valence-electron chi connectivity index (χ0n) is 8.90. The number of unbranched alkanes of at least 4 members (excludes halogenated alkanes) is 1. The van der Waals surface area contributed by atoms with Gasteiger partial charge in [0.05, 0.1) is 0 Å². The fourth-order valence-electron chi connectivity index (χ4n) is 2.08. The first-order valence-electron chi connectivity index (χ1n) is 5.37. The van der Waals surface area contributed by atoms with E-state index in [1.807, 2.05) is 24.3 Å². The van der Waals surface area contributed by atoms with E-state index < -0.39 is 18.3 Å². The third-order valence-electron chi connectivity index (χ3n) is 2.97. The van der Waals surface area contributed by atoms with Gasteiger partial charge >= 0.3 is 94.2 Å². The number of rotatable bonds is 3. The Morgan fingerprint density at radius 3 is 2.93 bits per heavy atom. The molecule has 0 saturated carbocycles. The summed E-state index contributed by atoms with van der Waals surface area (Å²) in [5.74, 6) is 0. The molecule has 15 heavy (non-hydrogen) atoms. The molecule has 0 spiro atoms. The van der Waals surface area contributed by atoms with Gasteiger partial charge in [-0.2, -0.15) is 0 Å². The van der Waals surface area contributed by atoms with Gasteiger partial charge < -0.3 is 0 Å². The van der Waals surface area contributed by atoms with Crippen molar-refractivity contribution in [3.05, 3.63) is 35.4 Å². The van der Waals surface area contributed by atoms with Crippen LogP contribution < -0.4 is 0 Å². The Morgan fingerprint density at radius 2 is 2.20 bits per heavy atom. The van der Waals surface area contributed by atoms with Crippen LogP contribution in [-0.2, 0) is 13.7 Å². The molecule has 0 amide bonds. The molecule has 2 nitrogen and oxygen atoms in total. The summed E-state index contributed by atoms with van der Waals surface area (Å²) >= 11 is -2.15. The zero-order chi connectivity index (χ0) is 10.9. The van der Waals surface area contributed by atoms with Crippen molar-refractivity contribution in [3.8, 4) is 0 Å². The maximum atomic E-state index is 12.0. The van der Waals surface area contributed by atoms with Gasteiger partial charge in [-0.1, -0.05) is 0 Å². The van der Waals surface area contributed by atoms with Gasteiger partial charge in [0.25, 0.3) is 0 Å². The van der Waals surface area contributed by atoms with Crippen LogP contribution in [0.1, 0.15) is 37.3 Å². The van der Waals surface area contributed by atoms with Gasteiger partial charge in [0.1, 0.15) is 0 Å². The number of hydrogen-bond acceptors (Lipinski definition) is 2. The first-order chi connectivity index (χ1) is 7.18. The average molecular weight is 271 g/mol. The number of fused-ring (bicyclic) bond motifs is 1. The molecular weight excluding hydrogens is 255 g/mol. The normalized spacial score (nSPS) is 29.1. The Balaban J connectivity index is 2.36. The molecule has 1 aliphatic rings. The Morgan fingerprint density at radius 1 is 1.47 bits per heavy atom. The Kier molecular flexibility index (Phi) is 3.06. The van der Waals surface area contributed by atoms with Crippen LogP contribution in [-0.4, -0.2) is 18.9 Å². The second kappa shape index (κ2) is 4.17. The molecule has 3 heteroatoms. The van der Waals surface area contributed by atoms with Gasteiger partial charge in [-0.3, -0.25) is 0 Å². The molecule has 1 aliphatic heterocycles. The minimum atomic E-state index is -2.15. The van der Waals surface area contributed by atoms with Crippen molar-refractivity contribution in [3.63, 3.8) is 0 Å². The van der Waals surface area contributed by atoms with Crippen LogP contribution in [0.15, 0.2) is 24.3 Å². The van der Waals surface area contributed by atoms with E-state index in [0.29, 0.717) is 11.7 Å².